The Morgan fingerprint density at radius 1 is 1.47 bits per heavy atom. The first-order valence-corrected chi connectivity index (χ1v) is 6.19. The van der Waals surface area contributed by atoms with Crippen LogP contribution in [0.25, 0.3) is 0 Å². The van der Waals surface area contributed by atoms with E-state index < -0.39 is 22.7 Å². The van der Waals surface area contributed by atoms with Gasteiger partial charge in [-0.3, -0.25) is 13.8 Å². The first-order valence-electron chi connectivity index (χ1n) is 4.70. The minimum absolute atomic E-state index is 0.0603. The van der Waals surface area contributed by atoms with Gasteiger partial charge in [0, 0.05) is 23.1 Å². The first kappa shape index (κ1) is 14.1. The number of amides is 1. The molecule has 88 valence electrons. The number of rotatable bonds is 6. The molecule has 0 radical (unpaired) electrons. The molecule has 0 aromatic rings. The Bertz CT molecular complexity index is 254. The molecule has 0 aliphatic rings. The second-order valence-electron chi connectivity index (χ2n) is 3.13. The van der Waals surface area contributed by atoms with Crippen LogP contribution in [0.4, 0.5) is 0 Å². The molecule has 0 saturated carbocycles. The predicted octanol–water partition coefficient (Wildman–Crippen LogP) is -0.320. The van der Waals surface area contributed by atoms with Gasteiger partial charge in [0.2, 0.25) is 5.91 Å². The number of methoxy groups -OCH3 is 1. The number of ether oxygens (including phenoxy) is 1. The third-order valence-corrected chi connectivity index (χ3v) is 3.16. The van der Waals surface area contributed by atoms with Gasteiger partial charge in [0.25, 0.3) is 0 Å². The summed E-state index contributed by atoms with van der Waals surface area (Å²) in [4.78, 5) is 22.1. The molecule has 1 amide bonds. The summed E-state index contributed by atoms with van der Waals surface area (Å²) in [6.45, 7) is 3.93. The summed E-state index contributed by atoms with van der Waals surface area (Å²) >= 11 is 0. The van der Waals surface area contributed by atoms with E-state index in [9.17, 15) is 13.8 Å². The van der Waals surface area contributed by atoms with E-state index in [-0.39, 0.29) is 17.4 Å². The molecule has 0 aromatic heterocycles. The van der Waals surface area contributed by atoms with Gasteiger partial charge < -0.3 is 10.1 Å². The molecule has 6 heteroatoms. The van der Waals surface area contributed by atoms with Crippen LogP contribution in [0.5, 0.6) is 0 Å². The number of hydrogen-bond donors (Lipinski definition) is 1. The maximum atomic E-state index is 11.4. The molecule has 5 nitrogen and oxygen atoms in total. The smallest absolute Gasteiger partial charge is 0.309 e. The number of carbonyl (C=O) groups is 2. The van der Waals surface area contributed by atoms with Crippen molar-refractivity contribution in [1.82, 2.24) is 5.32 Å². The van der Waals surface area contributed by atoms with Crippen LogP contribution in [-0.4, -0.2) is 41.2 Å². The highest BCUT2D eigenvalue weighted by molar-refractivity contribution is 7.85. The Morgan fingerprint density at radius 2 is 2.07 bits per heavy atom. The van der Waals surface area contributed by atoms with Crippen molar-refractivity contribution in [3.8, 4) is 0 Å². The second kappa shape index (κ2) is 7.39. The fourth-order valence-electron chi connectivity index (χ4n) is 1.00. The summed E-state index contributed by atoms with van der Waals surface area (Å²) < 4.78 is 15.9. The lowest BCUT2D eigenvalue weighted by molar-refractivity contribution is -0.144. The van der Waals surface area contributed by atoms with E-state index in [4.69, 9.17) is 0 Å². The lowest BCUT2D eigenvalue weighted by Gasteiger charge is -2.08. The average Bonchev–Trinajstić information content (AvgIpc) is 2.16. The quantitative estimate of drug-likeness (QED) is 0.640. The molecule has 0 bridgehead atoms. The van der Waals surface area contributed by atoms with Crippen LogP contribution in [0.15, 0.2) is 0 Å². The van der Waals surface area contributed by atoms with Crippen molar-refractivity contribution in [3.05, 3.63) is 0 Å². The maximum absolute atomic E-state index is 11.4. The topological polar surface area (TPSA) is 72.5 Å². The third kappa shape index (κ3) is 6.22. The lowest BCUT2D eigenvalue weighted by atomic mass is 10.2. The van der Waals surface area contributed by atoms with E-state index in [0.717, 1.165) is 0 Å². The molecule has 2 atom stereocenters. The molecule has 0 rings (SSSR count). The monoisotopic (exact) mass is 235 g/mol. The van der Waals surface area contributed by atoms with Crippen molar-refractivity contribution in [3.63, 3.8) is 0 Å². The largest absolute Gasteiger partial charge is 0.469 e. The highest BCUT2D eigenvalue weighted by Crippen LogP contribution is 2.00. The van der Waals surface area contributed by atoms with Crippen molar-refractivity contribution in [2.75, 3.05) is 25.2 Å². The number of hydrogen-bond acceptors (Lipinski definition) is 4. The van der Waals surface area contributed by atoms with E-state index in [1.165, 1.54) is 7.11 Å². The van der Waals surface area contributed by atoms with Gasteiger partial charge in [-0.1, -0.05) is 6.92 Å². The van der Waals surface area contributed by atoms with Crippen LogP contribution in [0.2, 0.25) is 0 Å². The van der Waals surface area contributed by atoms with Gasteiger partial charge in [-0.15, -0.1) is 0 Å². The summed E-state index contributed by atoms with van der Waals surface area (Å²) in [6, 6.07) is 0. The van der Waals surface area contributed by atoms with E-state index in [1.807, 2.05) is 0 Å². The van der Waals surface area contributed by atoms with Gasteiger partial charge in [-0.25, -0.2) is 0 Å². The maximum Gasteiger partial charge on any atom is 0.309 e. The fraction of sp³-hybridized carbons (Fsp3) is 0.778. The molecule has 0 heterocycles. The molecular formula is C9H17NO4S. The Labute approximate surface area is 92.0 Å². The first-order chi connectivity index (χ1) is 7.01. The van der Waals surface area contributed by atoms with E-state index >= 15 is 0 Å². The van der Waals surface area contributed by atoms with Crippen molar-refractivity contribution in [1.29, 1.82) is 0 Å². The van der Waals surface area contributed by atoms with Crippen LogP contribution in [0.1, 0.15) is 13.8 Å². The zero-order valence-corrected chi connectivity index (χ0v) is 10.1. The molecule has 1 N–H and O–H groups in total. The van der Waals surface area contributed by atoms with Gasteiger partial charge in [-0.05, 0) is 6.92 Å². The normalized spacial score (nSPS) is 14.1. The Hall–Kier alpha value is -0.910. The summed E-state index contributed by atoms with van der Waals surface area (Å²) in [5.74, 6) is -1.00. The standard InChI is InChI=1S/C9H17NO4S/c1-4-10-8(11)6-15(13)5-7(2)9(12)14-3/h7H,4-6H2,1-3H3,(H,10,11). The van der Waals surface area contributed by atoms with Crippen molar-refractivity contribution >= 4 is 22.7 Å². The molecule has 0 aliphatic heterocycles. The third-order valence-electron chi connectivity index (χ3n) is 1.71. The van der Waals surface area contributed by atoms with Gasteiger partial charge >= 0.3 is 5.97 Å². The molecule has 15 heavy (non-hydrogen) atoms. The zero-order valence-electron chi connectivity index (χ0n) is 9.24. The van der Waals surface area contributed by atoms with Gasteiger partial charge in [0.15, 0.2) is 0 Å². The van der Waals surface area contributed by atoms with E-state index in [2.05, 4.69) is 10.1 Å². The lowest BCUT2D eigenvalue weighted by Crippen LogP contribution is -2.30. The predicted molar refractivity (Wildman–Crippen MR) is 57.7 cm³/mol. The molecule has 2 unspecified atom stereocenters. The van der Waals surface area contributed by atoms with Crippen molar-refractivity contribution in [2.24, 2.45) is 5.92 Å². The highest BCUT2D eigenvalue weighted by atomic mass is 32.2. The average molecular weight is 235 g/mol. The van der Waals surface area contributed by atoms with Crippen molar-refractivity contribution < 1.29 is 18.5 Å². The Balaban J connectivity index is 3.93. The molecule has 0 saturated heterocycles. The van der Waals surface area contributed by atoms with E-state index in [1.54, 1.807) is 13.8 Å². The molecular weight excluding hydrogens is 218 g/mol. The van der Waals surface area contributed by atoms with E-state index in [0.29, 0.717) is 6.54 Å². The highest BCUT2D eigenvalue weighted by Gasteiger charge is 2.17. The van der Waals surface area contributed by atoms with Gasteiger partial charge in [0.05, 0.1) is 13.0 Å². The summed E-state index contributed by atoms with van der Waals surface area (Å²) in [6.07, 6.45) is 0. The summed E-state index contributed by atoms with van der Waals surface area (Å²) in [7, 11) is -0.0335. The van der Waals surface area contributed by atoms with Gasteiger partial charge in [-0.2, -0.15) is 0 Å². The number of esters is 1. The van der Waals surface area contributed by atoms with Crippen LogP contribution in [0, 0.1) is 5.92 Å². The van der Waals surface area contributed by atoms with Gasteiger partial charge in [0.1, 0.15) is 5.75 Å². The van der Waals surface area contributed by atoms with Crippen LogP contribution < -0.4 is 5.32 Å². The molecule has 0 aromatic carbocycles. The minimum Gasteiger partial charge on any atom is -0.469 e. The minimum atomic E-state index is -1.32. The molecule has 0 spiro atoms. The van der Waals surface area contributed by atoms with Crippen LogP contribution in [-0.2, 0) is 25.1 Å². The fourth-order valence-corrected chi connectivity index (χ4v) is 2.21. The zero-order chi connectivity index (χ0) is 11.8. The van der Waals surface area contributed by atoms with Crippen LogP contribution >= 0.6 is 0 Å². The summed E-state index contributed by atoms with van der Waals surface area (Å²) in [5.41, 5.74) is 0. The molecule has 0 aliphatic carbocycles. The molecule has 0 fully saturated rings. The second-order valence-corrected chi connectivity index (χ2v) is 4.63. The SMILES string of the molecule is CCNC(=O)CS(=O)CC(C)C(=O)OC. The number of nitrogens with one attached hydrogen (secondary N) is 1. The van der Waals surface area contributed by atoms with Crippen LogP contribution in [0.3, 0.4) is 0 Å². The Morgan fingerprint density at radius 3 is 2.53 bits per heavy atom. The Kier molecular flexibility index (Phi) is 6.94. The summed E-state index contributed by atoms with van der Waals surface area (Å²) in [5, 5.41) is 2.54. The van der Waals surface area contributed by atoms with Crippen molar-refractivity contribution in [2.45, 2.75) is 13.8 Å². The number of carbonyl (C=O) groups excluding carboxylic acids is 2.